The van der Waals surface area contributed by atoms with Crippen molar-refractivity contribution in [1.29, 1.82) is 0 Å². The van der Waals surface area contributed by atoms with Gasteiger partial charge in [0.2, 0.25) is 0 Å². The highest BCUT2D eigenvalue weighted by atomic mass is 32.1. The second-order valence-electron chi connectivity index (χ2n) is 6.99. The minimum absolute atomic E-state index is 0.271. The summed E-state index contributed by atoms with van der Waals surface area (Å²) >= 11 is 1.36. The first-order valence-corrected chi connectivity index (χ1v) is 10.3. The van der Waals surface area contributed by atoms with Crippen LogP contribution in [-0.4, -0.2) is 19.0 Å². The Labute approximate surface area is 181 Å². The lowest BCUT2D eigenvalue weighted by atomic mass is 10.0. The zero-order chi connectivity index (χ0) is 22.6. The van der Waals surface area contributed by atoms with E-state index in [0.29, 0.717) is 23.1 Å². The van der Waals surface area contributed by atoms with Crippen LogP contribution in [-0.2, 0) is 17.3 Å². The molecule has 0 bridgehead atoms. The molecule has 1 atom stereocenters. The number of halogens is 3. The van der Waals surface area contributed by atoms with Gasteiger partial charge in [-0.05, 0) is 59.7 Å². The molecule has 0 fully saturated rings. The average Bonchev–Trinajstić information content (AvgIpc) is 3.21. The summed E-state index contributed by atoms with van der Waals surface area (Å²) in [6, 6.07) is 11.4. The number of hydrogen-bond donors (Lipinski definition) is 1. The summed E-state index contributed by atoms with van der Waals surface area (Å²) in [6.45, 7) is 1.83. The Morgan fingerprint density at radius 2 is 1.68 bits per heavy atom. The van der Waals surface area contributed by atoms with Crippen molar-refractivity contribution in [2.24, 2.45) is 0 Å². The van der Waals surface area contributed by atoms with Crippen molar-refractivity contribution in [2.45, 2.75) is 25.6 Å². The van der Waals surface area contributed by atoms with E-state index in [2.05, 4.69) is 10.1 Å². The summed E-state index contributed by atoms with van der Waals surface area (Å²) in [5.41, 5.74) is 2.46. The molecule has 1 amide bonds. The van der Waals surface area contributed by atoms with Crippen LogP contribution in [0.1, 0.15) is 55.9 Å². The molecule has 0 aliphatic carbocycles. The molecule has 0 unspecified atom stereocenters. The van der Waals surface area contributed by atoms with Crippen LogP contribution in [0.15, 0.2) is 59.3 Å². The molecule has 1 aromatic heterocycles. The first-order valence-electron chi connectivity index (χ1n) is 9.39. The SMILES string of the molecule is COC(=O)c1ccc([C@H](C)NC(=O)c2cscc2Cc2ccc(C(F)(F)F)cc2)cc1. The number of esters is 1. The number of rotatable bonds is 6. The predicted molar refractivity (Wildman–Crippen MR) is 112 cm³/mol. The molecule has 4 nitrogen and oxygen atoms in total. The van der Waals surface area contributed by atoms with Crippen molar-refractivity contribution in [2.75, 3.05) is 7.11 Å². The van der Waals surface area contributed by atoms with Crippen molar-refractivity contribution < 1.29 is 27.5 Å². The number of carbonyl (C=O) groups excluding carboxylic acids is 2. The lowest BCUT2D eigenvalue weighted by Gasteiger charge is -2.15. The molecular weight excluding hydrogens is 427 g/mol. The maximum Gasteiger partial charge on any atom is 0.416 e. The highest BCUT2D eigenvalue weighted by Crippen LogP contribution is 2.30. The minimum Gasteiger partial charge on any atom is -0.465 e. The average molecular weight is 447 g/mol. The predicted octanol–water partition coefficient (Wildman–Crippen LogP) is 5.64. The topological polar surface area (TPSA) is 55.4 Å². The van der Waals surface area contributed by atoms with Crippen molar-refractivity contribution in [3.63, 3.8) is 0 Å². The standard InChI is InChI=1S/C23H20F3NO3S/c1-14(16-5-7-17(8-6-16)22(29)30-2)27-21(28)20-13-31-12-18(20)11-15-3-9-19(10-4-15)23(24,25)26/h3-10,12-14H,11H2,1-2H3,(H,27,28)/t14-/m0/s1. The van der Waals surface area contributed by atoms with Crippen molar-refractivity contribution in [3.8, 4) is 0 Å². The van der Waals surface area contributed by atoms with Gasteiger partial charge in [-0.1, -0.05) is 24.3 Å². The Morgan fingerprint density at radius 1 is 1.03 bits per heavy atom. The van der Waals surface area contributed by atoms with Gasteiger partial charge in [0, 0.05) is 5.38 Å². The van der Waals surface area contributed by atoms with E-state index in [-0.39, 0.29) is 11.9 Å². The molecule has 0 saturated carbocycles. The fourth-order valence-electron chi connectivity index (χ4n) is 3.07. The Hall–Kier alpha value is -3.13. The third-order valence-corrected chi connectivity index (χ3v) is 5.63. The maximum atomic E-state index is 12.8. The molecule has 8 heteroatoms. The largest absolute Gasteiger partial charge is 0.465 e. The quantitative estimate of drug-likeness (QED) is 0.498. The number of benzene rings is 2. The van der Waals surface area contributed by atoms with E-state index < -0.39 is 17.7 Å². The first-order chi connectivity index (χ1) is 14.7. The van der Waals surface area contributed by atoms with Gasteiger partial charge in [0.05, 0.1) is 29.8 Å². The number of ether oxygens (including phenoxy) is 1. The molecule has 2 aromatic carbocycles. The molecule has 0 aliphatic rings. The Bertz CT molecular complexity index is 1060. The second-order valence-corrected chi connectivity index (χ2v) is 7.73. The number of alkyl halides is 3. The van der Waals surface area contributed by atoms with E-state index in [1.165, 1.54) is 30.6 Å². The molecule has 0 radical (unpaired) electrons. The Kier molecular flexibility index (Phi) is 6.80. The van der Waals surface area contributed by atoms with Gasteiger partial charge in [0.25, 0.3) is 5.91 Å². The molecule has 1 heterocycles. The molecule has 162 valence electrons. The summed E-state index contributed by atoms with van der Waals surface area (Å²) in [6.07, 6.45) is -4.02. The van der Waals surface area contributed by atoms with Gasteiger partial charge in [-0.3, -0.25) is 4.79 Å². The van der Waals surface area contributed by atoms with Gasteiger partial charge in [0.1, 0.15) is 0 Å². The van der Waals surface area contributed by atoms with Crippen LogP contribution in [0.25, 0.3) is 0 Å². The van der Waals surface area contributed by atoms with Crippen LogP contribution in [0.5, 0.6) is 0 Å². The lowest BCUT2D eigenvalue weighted by molar-refractivity contribution is -0.137. The normalized spacial score (nSPS) is 12.3. The summed E-state index contributed by atoms with van der Waals surface area (Å²) in [5.74, 6) is -0.706. The first kappa shape index (κ1) is 22.6. The van der Waals surface area contributed by atoms with Gasteiger partial charge >= 0.3 is 12.1 Å². The van der Waals surface area contributed by atoms with Crippen LogP contribution in [0.2, 0.25) is 0 Å². The van der Waals surface area contributed by atoms with E-state index in [0.717, 1.165) is 23.3 Å². The minimum atomic E-state index is -4.38. The zero-order valence-electron chi connectivity index (χ0n) is 16.8. The monoisotopic (exact) mass is 447 g/mol. The van der Waals surface area contributed by atoms with Crippen LogP contribution in [0.3, 0.4) is 0 Å². The number of thiophene rings is 1. The van der Waals surface area contributed by atoms with Gasteiger partial charge in [-0.15, -0.1) is 0 Å². The van der Waals surface area contributed by atoms with Crippen LogP contribution in [0, 0.1) is 0 Å². The fraction of sp³-hybridized carbons (Fsp3) is 0.217. The van der Waals surface area contributed by atoms with Gasteiger partial charge < -0.3 is 10.1 Å². The Balaban J connectivity index is 1.68. The van der Waals surface area contributed by atoms with Crippen molar-refractivity contribution >= 4 is 23.2 Å². The van der Waals surface area contributed by atoms with Crippen LogP contribution in [0.4, 0.5) is 13.2 Å². The van der Waals surface area contributed by atoms with E-state index in [1.807, 2.05) is 12.3 Å². The third-order valence-electron chi connectivity index (χ3n) is 4.84. The van der Waals surface area contributed by atoms with Crippen LogP contribution < -0.4 is 5.32 Å². The number of amides is 1. The molecular formula is C23H20F3NO3S. The molecule has 3 aromatic rings. The molecule has 0 spiro atoms. The summed E-state index contributed by atoms with van der Waals surface area (Å²) < 4.78 is 42.9. The summed E-state index contributed by atoms with van der Waals surface area (Å²) in [4.78, 5) is 24.3. The van der Waals surface area contributed by atoms with Crippen molar-refractivity contribution in [3.05, 3.63) is 92.7 Å². The molecule has 0 aliphatic heterocycles. The lowest BCUT2D eigenvalue weighted by Crippen LogP contribution is -2.27. The van der Waals surface area contributed by atoms with E-state index in [1.54, 1.807) is 29.6 Å². The van der Waals surface area contributed by atoms with E-state index >= 15 is 0 Å². The smallest absolute Gasteiger partial charge is 0.416 e. The number of carbonyl (C=O) groups is 2. The van der Waals surface area contributed by atoms with E-state index in [9.17, 15) is 22.8 Å². The summed E-state index contributed by atoms with van der Waals surface area (Å²) in [5, 5.41) is 6.47. The Morgan fingerprint density at radius 3 is 2.26 bits per heavy atom. The van der Waals surface area contributed by atoms with Gasteiger partial charge in [-0.2, -0.15) is 24.5 Å². The molecule has 0 saturated heterocycles. The number of methoxy groups -OCH3 is 1. The summed E-state index contributed by atoms with van der Waals surface area (Å²) in [7, 11) is 1.31. The highest BCUT2D eigenvalue weighted by molar-refractivity contribution is 7.08. The van der Waals surface area contributed by atoms with Crippen LogP contribution >= 0.6 is 11.3 Å². The zero-order valence-corrected chi connectivity index (χ0v) is 17.6. The highest BCUT2D eigenvalue weighted by Gasteiger charge is 2.30. The van der Waals surface area contributed by atoms with Gasteiger partial charge in [0.15, 0.2) is 0 Å². The number of hydrogen-bond acceptors (Lipinski definition) is 4. The van der Waals surface area contributed by atoms with Gasteiger partial charge in [-0.25, -0.2) is 4.79 Å². The van der Waals surface area contributed by atoms with E-state index in [4.69, 9.17) is 0 Å². The maximum absolute atomic E-state index is 12.8. The molecule has 31 heavy (non-hydrogen) atoms. The number of nitrogens with one attached hydrogen (secondary N) is 1. The van der Waals surface area contributed by atoms with Crippen molar-refractivity contribution in [1.82, 2.24) is 5.32 Å². The second kappa shape index (κ2) is 9.34. The molecule has 1 N–H and O–H groups in total. The fourth-order valence-corrected chi connectivity index (χ4v) is 3.91. The third kappa shape index (κ3) is 5.52. The molecule has 3 rings (SSSR count).